The summed E-state index contributed by atoms with van der Waals surface area (Å²) in [5, 5.41) is 6.20. The molecule has 5 heteroatoms. The van der Waals surface area contributed by atoms with Crippen molar-refractivity contribution in [2.75, 3.05) is 18.4 Å². The van der Waals surface area contributed by atoms with E-state index in [9.17, 15) is 4.79 Å². The maximum Gasteiger partial charge on any atom is 0.272 e. The monoisotopic (exact) mass is 290 g/mol. The van der Waals surface area contributed by atoms with Crippen LogP contribution in [0.25, 0.3) is 0 Å². The summed E-state index contributed by atoms with van der Waals surface area (Å²) in [6.45, 7) is 9.73. The molecular weight excluding hydrogens is 264 g/mol. The van der Waals surface area contributed by atoms with Crippen LogP contribution >= 0.6 is 0 Å². The maximum absolute atomic E-state index is 12.5. The largest absolute Gasteiger partial charge is 0.382 e. The predicted octanol–water partition coefficient (Wildman–Crippen LogP) is 2.95. The summed E-state index contributed by atoms with van der Waals surface area (Å²) in [6.07, 6.45) is 5.36. The van der Waals surface area contributed by atoms with E-state index in [0.29, 0.717) is 17.2 Å². The summed E-state index contributed by atoms with van der Waals surface area (Å²) in [7, 11) is 0. The summed E-state index contributed by atoms with van der Waals surface area (Å²) in [5.41, 5.74) is 1.43. The summed E-state index contributed by atoms with van der Waals surface area (Å²) < 4.78 is 0. The number of nitrogens with zero attached hydrogens (tertiary/aromatic N) is 2. The van der Waals surface area contributed by atoms with Gasteiger partial charge in [0.1, 0.15) is 5.82 Å². The molecule has 0 atom stereocenters. The first-order valence-electron chi connectivity index (χ1n) is 7.84. The molecule has 1 heterocycles. The molecule has 1 saturated carbocycles. The lowest BCUT2D eigenvalue weighted by molar-refractivity contribution is 0.0886. The Morgan fingerprint density at radius 3 is 2.67 bits per heavy atom. The molecule has 0 spiro atoms. The fourth-order valence-corrected chi connectivity index (χ4v) is 2.50. The summed E-state index contributed by atoms with van der Waals surface area (Å²) in [5.74, 6) is 0.802. The third kappa shape index (κ3) is 3.71. The molecule has 0 aliphatic heterocycles. The molecule has 2 rings (SSSR count). The van der Waals surface area contributed by atoms with Gasteiger partial charge in [0.05, 0.1) is 11.9 Å². The Morgan fingerprint density at radius 1 is 1.43 bits per heavy atom. The molecule has 1 aliphatic carbocycles. The van der Waals surface area contributed by atoms with Gasteiger partial charge in [-0.25, -0.2) is 9.97 Å². The number of rotatable bonds is 6. The standard InChI is InChI=1S/C16H26N4O/c1-5-17-12-9-18-14(11(2)3)20-13(12)15(21)19-10-16(4)7-6-8-16/h9,11,17H,5-8,10H2,1-4H3,(H,19,21). The molecule has 2 N–H and O–H groups in total. The second-order valence-electron chi connectivity index (χ2n) is 6.52. The van der Waals surface area contributed by atoms with Crippen LogP contribution in [0, 0.1) is 5.41 Å². The summed E-state index contributed by atoms with van der Waals surface area (Å²) in [6, 6.07) is 0. The Bertz CT molecular complexity index is 509. The molecule has 5 nitrogen and oxygen atoms in total. The number of anilines is 1. The van der Waals surface area contributed by atoms with E-state index in [4.69, 9.17) is 0 Å². The molecule has 1 aromatic rings. The van der Waals surface area contributed by atoms with Crippen molar-refractivity contribution in [3.05, 3.63) is 17.7 Å². The summed E-state index contributed by atoms with van der Waals surface area (Å²) in [4.78, 5) is 21.2. The highest BCUT2D eigenvalue weighted by atomic mass is 16.1. The van der Waals surface area contributed by atoms with Crippen molar-refractivity contribution >= 4 is 11.6 Å². The number of hydrogen-bond donors (Lipinski definition) is 2. The van der Waals surface area contributed by atoms with Gasteiger partial charge in [-0.3, -0.25) is 4.79 Å². The zero-order chi connectivity index (χ0) is 15.5. The highest BCUT2D eigenvalue weighted by molar-refractivity contribution is 5.97. The second kappa shape index (κ2) is 6.41. The van der Waals surface area contributed by atoms with Gasteiger partial charge < -0.3 is 10.6 Å². The molecule has 1 amide bonds. The van der Waals surface area contributed by atoms with Crippen molar-refractivity contribution in [3.8, 4) is 0 Å². The van der Waals surface area contributed by atoms with Crippen LogP contribution in [0.3, 0.4) is 0 Å². The first-order chi connectivity index (χ1) is 9.95. The van der Waals surface area contributed by atoms with E-state index >= 15 is 0 Å². The third-order valence-electron chi connectivity index (χ3n) is 4.14. The van der Waals surface area contributed by atoms with Gasteiger partial charge in [-0.2, -0.15) is 0 Å². The minimum Gasteiger partial charge on any atom is -0.382 e. The second-order valence-corrected chi connectivity index (χ2v) is 6.52. The van der Waals surface area contributed by atoms with Crippen molar-refractivity contribution in [2.45, 2.75) is 52.9 Å². The van der Waals surface area contributed by atoms with Gasteiger partial charge in [0.25, 0.3) is 5.91 Å². The number of carbonyl (C=O) groups is 1. The van der Waals surface area contributed by atoms with Gasteiger partial charge in [0.2, 0.25) is 0 Å². The normalized spacial score (nSPS) is 16.4. The zero-order valence-electron chi connectivity index (χ0n) is 13.5. The topological polar surface area (TPSA) is 66.9 Å². The molecule has 1 aliphatic rings. The lowest BCUT2D eigenvalue weighted by atomic mass is 9.70. The minimum atomic E-state index is -0.108. The number of amides is 1. The minimum absolute atomic E-state index is 0.108. The fourth-order valence-electron chi connectivity index (χ4n) is 2.50. The SMILES string of the molecule is CCNc1cnc(C(C)C)nc1C(=O)NCC1(C)CCC1. The van der Waals surface area contributed by atoms with E-state index < -0.39 is 0 Å². The van der Waals surface area contributed by atoms with Crippen LogP contribution in [0.5, 0.6) is 0 Å². The molecule has 0 unspecified atom stereocenters. The number of hydrogen-bond acceptors (Lipinski definition) is 4. The van der Waals surface area contributed by atoms with Gasteiger partial charge in [-0.15, -0.1) is 0 Å². The van der Waals surface area contributed by atoms with E-state index in [1.807, 2.05) is 20.8 Å². The van der Waals surface area contributed by atoms with Crippen LogP contribution in [0.1, 0.15) is 69.2 Å². The highest BCUT2D eigenvalue weighted by Gasteiger charge is 2.32. The van der Waals surface area contributed by atoms with Crippen molar-refractivity contribution in [1.82, 2.24) is 15.3 Å². The third-order valence-corrected chi connectivity index (χ3v) is 4.14. The Kier molecular flexibility index (Phi) is 4.80. The number of nitrogens with one attached hydrogen (secondary N) is 2. The van der Waals surface area contributed by atoms with Crippen molar-refractivity contribution < 1.29 is 4.79 Å². The maximum atomic E-state index is 12.5. The first kappa shape index (κ1) is 15.7. The molecular formula is C16H26N4O. The van der Waals surface area contributed by atoms with Crippen LogP contribution in [-0.2, 0) is 0 Å². The van der Waals surface area contributed by atoms with Gasteiger partial charge in [0, 0.05) is 19.0 Å². The molecule has 1 aromatic heterocycles. The smallest absolute Gasteiger partial charge is 0.272 e. The van der Waals surface area contributed by atoms with E-state index in [2.05, 4.69) is 27.5 Å². The fraction of sp³-hybridized carbons (Fsp3) is 0.688. The van der Waals surface area contributed by atoms with E-state index in [1.54, 1.807) is 6.20 Å². The molecule has 0 bridgehead atoms. The van der Waals surface area contributed by atoms with Crippen LogP contribution in [0.15, 0.2) is 6.20 Å². The van der Waals surface area contributed by atoms with Crippen LogP contribution in [0.4, 0.5) is 5.69 Å². The highest BCUT2D eigenvalue weighted by Crippen LogP contribution is 2.39. The molecule has 116 valence electrons. The lowest BCUT2D eigenvalue weighted by Gasteiger charge is -2.38. The van der Waals surface area contributed by atoms with E-state index in [1.165, 1.54) is 19.3 Å². The average Bonchev–Trinajstić information content (AvgIpc) is 2.43. The number of aromatic nitrogens is 2. The molecule has 1 fully saturated rings. The number of carbonyl (C=O) groups excluding carboxylic acids is 1. The first-order valence-corrected chi connectivity index (χ1v) is 7.84. The average molecular weight is 290 g/mol. The molecule has 0 saturated heterocycles. The van der Waals surface area contributed by atoms with Gasteiger partial charge in [-0.05, 0) is 25.2 Å². The quantitative estimate of drug-likeness (QED) is 0.845. The van der Waals surface area contributed by atoms with Crippen molar-refractivity contribution in [1.29, 1.82) is 0 Å². The van der Waals surface area contributed by atoms with Crippen LogP contribution in [0.2, 0.25) is 0 Å². The van der Waals surface area contributed by atoms with Gasteiger partial charge in [-0.1, -0.05) is 27.2 Å². The Balaban J connectivity index is 2.14. The Labute approximate surface area is 127 Å². The molecule has 0 radical (unpaired) electrons. The molecule has 0 aromatic carbocycles. The van der Waals surface area contributed by atoms with Gasteiger partial charge >= 0.3 is 0 Å². The van der Waals surface area contributed by atoms with Gasteiger partial charge in [0.15, 0.2) is 5.69 Å². The van der Waals surface area contributed by atoms with Crippen LogP contribution in [-0.4, -0.2) is 29.0 Å². The molecule has 21 heavy (non-hydrogen) atoms. The Morgan fingerprint density at radius 2 is 2.14 bits per heavy atom. The van der Waals surface area contributed by atoms with Crippen LogP contribution < -0.4 is 10.6 Å². The predicted molar refractivity (Wildman–Crippen MR) is 84.6 cm³/mol. The van der Waals surface area contributed by atoms with Crippen molar-refractivity contribution in [2.24, 2.45) is 5.41 Å². The lowest BCUT2D eigenvalue weighted by Crippen LogP contribution is -2.40. The van der Waals surface area contributed by atoms with E-state index in [-0.39, 0.29) is 17.2 Å². The van der Waals surface area contributed by atoms with Crippen molar-refractivity contribution in [3.63, 3.8) is 0 Å². The van der Waals surface area contributed by atoms with E-state index in [0.717, 1.165) is 13.1 Å². The Hall–Kier alpha value is -1.65. The zero-order valence-corrected chi connectivity index (χ0v) is 13.5. The summed E-state index contributed by atoms with van der Waals surface area (Å²) >= 11 is 0.